The van der Waals surface area contributed by atoms with E-state index in [1.807, 2.05) is 0 Å². The van der Waals surface area contributed by atoms with E-state index in [2.05, 4.69) is 0 Å². The molecule has 0 fully saturated rings. The molecule has 0 nitrogen and oxygen atoms in total. The molecule has 1 unspecified atom stereocenters. The second-order valence-corrected chi connectivity index (χ2v) is 0. The van der Waals surface area contributed by atoms with Gasteiger partial charge in [-0.3, -0.25) is 0 Å². The van der Waals surface area contributed by atoms with Gasteiger partial charge in [-0.15, -0.1) is 50.9 Å². The molecule has 0 radical (unpaired) electrons. The molecule has 5 heavy (non-hydrogen) atoms. The molecular formula is H7Br3KP. The second-order valence-electron chi connectivity index (χ2n) is 0. The zero-order valence-electron chi connectivity index (χ0n) is 1.93. The van der Waals surface area contributed by atoms with E-state index in [0.29, 0.717) is 0 Å². The summed E-state index contributed by atoms with van der Waals surface area (Å²) >= 11 is 0. The summed E-state index contributed by atoms with van der Waals surface area (Å²) in [5, 5.41) is 0. The quantitative estimate of drug-likeness (QED) is 0.464. The minimum absolute atomic E-state index is 0. The summed E-state index contributed by atoms with van der Waals surface area (Å²) in [6.07, 6.45) is 0. The summed E-state index contributed by atoms with van der Waals surface area (Å²) in [7, 11) is 0. The van der Waals surface area contributed by atoms with E-state index in [9.17, 15) is 0 Å². The zero-order chi connectivity index (χ0) is 0. The maximum atomic E-state index is 0. The van der Waals surface area contributed by atoms with Crippen molar-refractivity contribution in [1.29, 1.82) is 0 Å². The SMILES string of the molecule is Br.Br.Br.P.[KH]. The molecule has 0 saturated carbocycles. The molecule has 0 spiro atoms. The topological polar surface area (TPSA) is 0 Å². The van der Waals surface area contributed by atoms with Gasteiger partial charge >= 0.3 is 51.4 Å². The Morgan fingerprint density at radius 3 is 0.600 bits per heavy atom. The average molecular weight is 317 g/mol. The summed E-state index contributed by atoms with van der Waals surface area (Å²) < 4.78 is 0. The number of halogens is 3. The third-order valence-corrected chi connectivity index (χ3v) is 0. The maximum absolute atomic E-state index is 0. The Morgan fingerprint density at radius 2 is 0.600 bits per heavy atom. The molecule has 5 heteroatoms. The van der Waals surface area contributed by atoms with Crippen molar-refractivity contribution in [3.05, 3.63) is 0 Å². The van der Waals surface area contributed by atoms with Gasteiger partial charge in [0.2, 0.25) is 0 Å². The van der Waals surface area contributed by atoms with E-state index in [-0.39, 0.29) is 112 Å². The van der Waals surface area contributed by atoms with Gasteiger partial charge in [0.15, 0.2) is 0 Å². The van der Waals surface area contributed by atoms with E-state index in [1.165, 1.54) is 0 Å². The summed E-state index contributed by atoms with van der Waals surface area (Å²) in [5.74, 6) is 0. The Kier molecular flexibility index (Phi) is 202. The molecule has 0 aromatic heterocycles. The van der Waals surface area contributed by atoms with E-state index < -0.39 is 0 Å². The Labute approximate surface area is 110 Å². The van der Waals surface area contributed by atoms with Crippen LogP contribution < -0.4 is 0 Å². The fourth-order valence-electron chi connectivity index (χ4n) is 0. The van der Waals surface area contributed by atoms with Crippen molar-refractivity contribution in [1.82, 2.24) is 0 Å². The number of hydrogen-bond acceptors (Lipinski definition) is 0. The second kappa shape index (κ2) is 25.8. The Bertz CT molecular complexity index is 6.85. The van der Waals surface area contributed by atoms with Gasteiger partial charge in [0.25, 0.3) is 0 Å². The third kappa shape index (κ3) is 18.5. The minimum atomic E-state index is 0. The van der Waals surface area contributed by atoms with Gasteiger partial charge in [0.1, 0.15) is 0 Å². The van der Waals surface area contributed by atoms with Crippen LogP contribution in [0.5, 0.6) is 0 Å². The van der Waals surface area contributed by atoms with Crippen molar-refractivity contribution < 1.29 is 0 Å². The molecule has 0 aromatic rings. The standard InChI is InChI=1S/3BrH.K.H3P.H/h3*1H;;1H3;. The Balaban J connectivity index is 0. The molecule has 0 aromatic carbocycles. The first-order chi connectivity index (χ1) is 0. The van der Waals surface area contributed by atoms with Crippen LogP contribution in [0.3, 0.4) is 0 Å². The van der Waals surface area contributed by atoms with Gasteiger partial charge in [-0.2, -0.15) is 9.90 Å². The average Bonchev–Trinajstić information content (AvgIpc) is 0. The molecule has 0 rings (SSSR count). The van der Waals surface area contributed by atoms with Crippen LogP contribution in [-0.2, 0) is 0 Å². The van der Waals surface area contributed by atoms with Crippen molar-refractivity contribution in [3.63, 3.8) is 0 Å². The third-order valence-electron chi connectivity index (χ3n) is 0. The van der Waals surface area contributed by atoms with Crippen molar-refractivity contribution >= 4 is 112 Å². The predicted octanol–water partition coefficient (Wildman–Crippen LogP) is 1.14. The summed E-state index contributed by atoms with van der Waals surface area (Å²) in [6, 6.07) is 0. The van der Waals surface area contributed by atoms with Gasteiger partial charge in [-0.05, 0) is 0 Å². The zero-order valence-corrected chi connectivity index (χ0v) is 8.49. The van der Waals surface area contributed by atoms with Crippen molar-refractivity contribution in [2.45, 2.75) is 0 Å². The van der Waals surface area contributed by atoms with Crippen LogP contribution in [0.1, 0.15) is 0 Å². The number of rotatable bonds is 0. The van der Waals surface area contributed by atoms with Crippen LogP contribution in [0.2, 0.25) is 0 Å². The van der Waals surface area contributed by atoms with Gasteiger partial charge < -0.3 is 0 Å². The molecule has 0 bridgehead atoms. The van der Waals surface area contributed by atoms with Crippen LogP contribution in [0, 0.1) is 0 Å². The molecular weight excluding hydrogens is 310 g/mol. The first kappa shape index (κ1) is 39.0. The van der Waals surface area contributed by atoms with E-state index >= 15 is 0 Å². The predicted molar refractivity (Wildman–Crippen MR) is 49.2 cm³/mol. The van der Waals surface area contributed by atoms with Gasteiger partial charge in [-0.25, -0.2) is 0 Å². The van der Waals surface area contributed by atoms with E-state index in [0.717, 1.165) is 0 Å². The molecule has 0 aliphatic heterocycles. The molecule has 0 heterocycles. The fraction of sp³-hybridized carbons (Fsp3) is 0. The first-order valence-corrected chi connectivity index (χ1v) is 0. The van der Waals surface area contributed by atoms with E-state index in [1.54, 1.807) is 0 Å². The summed E-state index contributed by atoms with van der Waals surface area (Å²) in [4.78, 5) is 0. The molecule has 0 saturated heterocycles. The fourth-order valence-corrected chi connectivity index (χ4v) is 0. The Morgan fingerprint density at radius 1 is 0.600 bits per heavy atom. The monoisotopic (exact) mass is 314 g/mol. The van der Waals surface area contributed by atoms with Crippen molar-refractivity contribution in [2.75, 3.05) is 0 Å². The first-order valence-electron chi connectivity index (χ1n) is 0. The normalized spacial score (nSPS) is 0. The molecule has 0 N–H and O–H groups in total. The molecule has 0 aliphatic carbocycles. The van der Waals surface area contributed by atoms with Gasteiger partial charge in [0, 0.05) is 0 Å². The van der Waals surface area contributed by atoms with Crippen molar-refractivity contribution in [2.24, 2.45) is 0 Å². The molecule has 34 valence electrons. The van der Waals surface area contributed by atoms with Gasteiger partial charge in [0.05, 0.1) is 0 Å². The molecule has 0 aliphatic rings. The summed E-state index contributed by atoms with van der Waals surface area (Å²) in [5.41, 5.74) is 0. The Hall–Kier alpha value is 3.51. The number of hydrogen-bond donors (Lipinski definition) is 0. The van der Waals surface area contributed by atoms with Crippen molar-refractivity contribution in [3.8, 4) is 0 Å². The van der Waals surface area contributed by atoms with Gasteiger partial charge in [-0.1, -0.05) is 0 Å². The van der Waals surface area contributed by atoms with Crippen LogP contribution in [-0.4, -0.2) is 51.4 Å². The van der Waals surface area contributed by atoms with E-state index in [4.69, 9.17) is 0 Å². The summed E-state index contributed by atoms with van der Waals surface area (Å²) in [6.45, 7) is 0. The van der Waals surface area contributed by atoms with Crippen LogP contribution >= 0.6 is 60.8 Å². The van der Waals surface area contributed by atoms with Crippen LogP contribution in [0.25, 0.3) is 0 Å². The molecule has 0 amide bonds. The van der Waals surface area contributed by atoms with Crippen LogP contribution in [0.4, 0.5) is 0 Å². The van der Waals surface area contributed by atoms with Crippen LogP contribution in [0.15, 0.2) is 0 Å². The molecule has 1 atom stereocenters.